The van der Waals surface area contributed by atoms with E-state index in [2.05, 4.69) is 68.6 Å². The molecule has 2 fully saturated rings. The summed E-state index contributed by atoms with van der Waals surface area (Å²) in [5, 5.41) is 14.7. The molecule has 11 heteroatoms. The van der Waals surface area contributed by atoms with Crippen LogP contribution in [-0.4, -0.2) is 86.6 Å². The van der Waals surface area contributed by atoms with Crippen molar-refractivity contribution >= 4 is 59.5 Å². The average molecular weight is 614 g/mol. The van der Waals surface area contributed by atoms with Gasteiger partial charge in [-0.05, 0) is 69.3 Å². The second-order valence-electron chi connectivity index (χ2n) is 10.6. The van der Waals surface area contributed by atoms with Crippen molar-refractivity contribution < 1.29 is 9.47 Å². The molecule has 40 heavy (non-hydrogen) atoms. The summed E-state index contributed by atoms with van der Waals surface area (Å²) in [7, 11) is 7.73. The molecule has 0 unspecified atom stereocenters. The fourth-order valence-electron chi connectivity index (χ4n) is 5.56. The van der Waals surface area contributed by atoms with Crippen LogP contribution >= 0.6 is 37.2 Å². The number of nitrogens with one attached hydrogen (secondary N) is 1. The number of hydrogen-bond acceptors (Lipinski definition) is 8. The molecule has 0 aliphatic carbocycles. The fourth-order valence-corrected chi connectivity index (χ4v) is 5.56. The van der Waals surface area contributed by atoms with Crippen molar-refractivity contribution in [3.63, 3.8) is 0 Å². The second kappa shape index (κ2) is 15.8. The van der Waals surface area contributed by atoms with Crippen LogP contribution in [-0.2, 0) is 17.9 Å². The highest BCUT2D eigenvalue weighted by atomic mass is 35.5. The van der Waals surface area contributed by atoms with E-state index in [-0.39, 0.29) is 37.2 Å². The largest absolute Gasteiger partial charge is 0.497 e. The topological polar surface area (TPSA) is 66.0 Å². The van der Waals surface area contributed by atoms with E-state index >= 15 is 0 Å². The van der Waals surface area contributed by atoms with Crippen molar-refractivity contribution in [3.8, 4) is 5.75 Å². The van der Waals surface area contributed by atoms with Gasteiger partial charge in [-0.3, -0.25) is 4.90 Å². The highest BCUT2D eigenvalue weighted by Gasteiger charge is 2.24. The molecule has 1 N–H and O–H groups in total. The van der Waals surface area contributed by atoms with Crippen LogP contribution in [0.5, 0.6) is 5.75 Å². The Labute approximate surface area is 257 Å². The lowest BCUT2D eigenvalue weighted by Crippen LogP contribution is -2.38. The van der Waals surface area contributed by atoms with Gasteiger partial charge in [0.05, 0.1) is 19.4 Å². The minimum absolute atomic E-state index is 0. The van der Waals surface area contributed by atoms with Gasteiger partial charge in [-0.1, -0.05) is 12.1 Å². The van der Waals surface area contributed by atoms with Gasteiger partial charge < -0.3 is 24.6 Å². The summed E-state index contributed by atoms with van der Waals surface area (Å²) in [4.78, 5) is 7.41. The molecule has 2 aromatic carbocycles. The summed E-state index contributed by atoms with van der Waals surface area (Å²) in [6.07, 6.45) is 3.39. The number of piperidine rings is 1. The number of rotatable bonds is 9. The maximum absolute atomic E-state index is 5.47. The molecule has 5 rings (SSSR count). The van der Waals surface area contributed by atoms with Gasteiger partial charge in [0.15, 0.2) is 5.82 Å². The highest BCUT2D eigenvalue weighted by molar-refractivity contribution is 5.94. The molecule has 8 nitrogen and oxygen atoms in total. The predicted octanol–water partition coefficient (Wildman–Crippen LogP) is 5.27. The molecule has 2 saturated heterocycles. The molecule has 0 radical (unpaired) electrons. The van der Waals surface area contributed by atoms with E-state index in [1.165, 1.54) is 17.7 Å². The Morgan fingerprint density at radius 1 is 0.900 bits per heavy atom. The molecule has 0 bridgehead atoms. The molecule has 0 amide bonds. The Hall–Kier alpha value is -2.07. The van der Waals surface area contributed by atoms with Crippen molar-refractivity contribution in [2.24, 2.45) is 0 Å². The van der Waals surface area contributed by atoms with Crippen LogP contribution in [0.1, 0.15) is 30.5 Å². The van der Waals surface area contributed by atoms with E-state index in [1.54, 1.807) is 14.2 Å². The van der Waals surface area contributed by atoms with Gasteiger partial charge in [0.25, 0.3) is 0 Å². The van der Waals surface area contributed by atoms with Gasteiger partial charge in [0, 0.05) is 68.4 Å². The molecule has 2 aliphatic heterocycles. The summed E-state index contributed by atoms with van der Waals surface area (Å²) < 4.78 is 10.8. The number of anilines is 2. The van der Waals surface area contributed by atoms with Crippen LogP contribution in [0.4, 0.5) is 11.5 Å². The van der Waals surface area contributed by atoms with Crippen molar-refractivity contribution in [2.75, 3.05) is 64.7 Å². The number of fused-ring (bicyclic) bond motifs is 1. The van der Waals surface area contributed by atoms with Gasteiger partial charge in [-0.2, -0.15) is 5.10 Å². The first-order valence-corrected chi connectivity index (χ1v) is 13.4. The molecule has 2 aliphatic rings. The quantitative estimate of drug-likeness (QED) is 0.350. The van der Waals surface area contributed by atoms with Gasteiger partial charge in [-0.25, -0.2) is 0 Å². The number of ether oxygens (including phenoxy) is 2. The molecule has 222 valence electrons. The Kier molecular flexibility index (Phi) is 13.5. The number of benzene rings is 2. The van der Waals surface area contributed by atoms with Gasteiger partial charge in [0.1, 0.15) is 5.75 Å². The lowest BCUT2D eigenvalue weighted by Gasteiger charge is -2.33. The minimum atomic E-state index is 0. The summed E-state index contributed by atoms with van der Waals surface area (Å²) >= 11 is 0. The fraction of sp³-hybridized carbons (Fsp3) is 0.517. The zero-order valence-electron chi connectivity index (χ0n) is 23.8. The number of likely N-dealkylation sites (tertiary alicyclic amines) is 1. The van der Waals surface area contributed by atoms with E-state index in [0.29, 0.717) is 18.7 Å². The maximum Gasteiger partial charge on any atom is 0.156 e. The molecule has 3 heterocycles. The van der Waals surface area contributed by atoms with E-state index in [4.69, 9.17) is 9.47 Å². The molecular weight excluding hydrogens is 571 g/mol. The Morgan fingerprint density at radius 2 is 1.62 bits per heavy atom. The van der Waals surface area contributed by atoms with Crippen LogP contribution in [0.15, 0.2) is 42.5 Å². The first-order valence-electron chi connectivity index (χ1n) is 13.4. The highest BCUT2D eigenvalue weighted by Crippen LogP contribution is 2.29. The number of aromatic nitrogens is 2. The van der Waals surface area contributed by atoms with Crippen LogP contribution in [0.2, 0.25) is 0 Å². The Morgan fingerprint density at radius 3 is 2.25 bits per heavy atom. The number of nitrogens with zero attached hydrogens (tertiary/aromatic N) is 5. The summed E-state index contributed by atoms with van der Waals surface area (Å²) in [6, 6.07) is 16.3. The average Bonchev–Trinajstić information content (AvgIpc) is 3.42. The second-order valence-corrected chi connectivity index (χ2v) is 10.6. The van der Waals surface area contributed by atoms with Gasteiger partial charge >= 0.3 is 0 Å². The number of likely N-dealkylation sites (N-methyl/N-ethyl adjacent to an activating group) is 1. The van der Waals surface area contributed by atoms with Crippen molar-refractivity contribution in [1.82, 2.24) is 20.0 Å². The summed E-state index contributed by atoms with van der Waals surface area (Å²) in [5.74, 6) is 1.64. The zero-order valence-corrected chi connectivity index (χ0v) is 26.3. The van der Waals surface area contributed by atoms with E-state index in [1.807, 2.05) is 18.2 Å². The smallest absolute Gasteiger partial charge is 0.156 e. The molecule has 1 atom stereocenters. The minimum Gasteiger partial charge on any atom is -0.497 e. The zero-order chi connectivity index (χ0) is 25.8. The first kappa shape index (κ1) is 34.1. The normalized spacial score (nSPS) is 17.7. The third-order valence-corrected chi connectivity index (χ3v) is 7.87. The standard InChI is InChI=1S/C29H40N6O2.3ClH/c1-33(2)24-13-16-35(19-24)23-7-5-21(6-8-23)18-34-14-11-22(12-15-34)30-29-27-17-25(37-4)9-10-26(27)28(20-36-3)31-32-29;;;/h5-10,17,22,24H,11-16,18-20H2,1-4H3,(H,30,32);3*1H/t24-;;;/m0.../s1. The van der Waals surface area contributed by atoms with E-state index in [9.17, 15) is 0 Å². The van der Waals surface area contributed by atoms with Crippen LogP contribution in [0, 0.1) is 0 Å². The number of methoxy groups -OCH3 is 2. The third kappa shape index (κ3) is 8.02. The molecular formula is C29H43Cl3N6O2. The monoisotopic (exact) mass is 612 g/mol. The van der Waals surface area contributed by atoms with E-state index < -0.39 is 0 Å². The van der Waals surface area contributed by atoms with Crippen LogP contribution in [0.3, 0.4) is 0 Å². The Balaban J connectivity index is 0.00000187. The molecule has 0 saturated carbocycles. The summed E-state index contributed by atoms with van der Waals surface area (Å²) in [5.41, 5.74) is 3.57. The number of halogens is 3. The Bertz CT molecular complexity index is 1190. The van der Waals surface area contributed by atoms with Crippen LogP contribution in [0.25, 0.3) is 10.8 Å². The molecule has 1 aromatic heterocycles. The lowest BCUT2D eigenvalue weighted by atomic mass is 10.0. The van der Waals surface area contributed by atoms with Crippen molar-refractivity contribution in [1.29, 1.82) is 0 Å². The lowest BCUT2D eigenvalue weighted by molar-refractivity contribution is 0.182. The third-order valence-electron chi connectivity index (χ3n) is 7.87. The SMILES string of the molecule is COCc1nnc(NC2CCN(Cc3ccc(N4CC[C@H](N(C)C)C4)cc3)CC2)c2cc(OC)ccc12.Cl.Cl.Cl. The molecule has 0 spiro atoms. The van der Waals surface area contributed by atoms with Gasteiger partial charge in [0.2, 0.25) is 0 Å². The molecule has 3 aromatic rings. The maximum atomic E-state index is 5.47. The van der Waals surface area contributed by atoms with Gasteiger partial charge in [-0.15, -0.1) is 42.3 Å². The van der Waals surface area contributed by atoms with E-state index in [0.717, 1.165) is 73.6 Å². The van der Waals surface area contributed by atoms with Crippen molar-refractivity contribution in [3.05, 3.63) is 53.7 Å². The predicted molar refractivity (Wildman–Crippen MR) is 171 cm³/mol. The summed E-state index contributed by atoms with van der Waals surface area (Å²) in [6.45, 7) is 5.82. The van der Waals surface area contributed by atoms with Crippen LogP contribution < -0.4 is 15.0 Å². The number of hydrogen-bond donors (Lipinski definition) is 1. The van der Waals surface area contributed by atoms with Crippen molar-refractivity contribution in [2.45, 2.75) is 44.5 Å². The first-order chi connectivity index (χ1) is 18.0.